The zero-order valence-electron chi connectivity index (χ0n) is 29.6. The lowest BCUT2D eigenvalue weighted by molar-refractivity contribution is -0.124. The van der Waals surface area contributed by atoms with Gasteiger partial charge in [0.2, 0.25) is 5.91 Å². The molecule has 0 aromatic rings. The van der Waals surface area contributed by atoms with Gasteiger partial charge in [-0.05, 0) is 38.5 Å². The van der Waals surface area contributed by atoms with Crippen molar-refractivity contribution < 1.29 is 20.1 Å². The molecule has 0 bridgehead atoms. The summed E-state index contributed by atoms with van der Waals surface area (Å²) in [7, 11) is 0. The van der Waals surface area contributed by atoms with Crippen molar-refractivity contribution in [2.24, 2.45) is 0 Å². The third-order valence-electron chi connectivity index (χ3n) is 9.12. The highest BCUT2D eigenvalue weighted by molar-refractivity contribution is 5.76. The predicted octanol–water partition coefficient (Wildman–Crippen LogP) is 10.5. The molecule has 4 N–H and O–H groups in total. The molecule has 0 rings (SSSR count). The van der Waals surface area contributed by atoms with Crippen molar-refractivity contribution in [1.29, 1.82) is 0 Å². The van der Waals surface area contributed by atoms with Crippen LogP contribution in [0.2, 0.25) is 0 Å². The van der Waals surface area contributed by atoms with Crippen molar-refractivity contribution in [2.75, 3.05) is 6.61 Å². The Balaban J connectivity index is 3.63. The molecule has 3 unspecified atom stereocenters. The maximum atomic E-state index is 12.4. The van der Waals surface area contributed by atoms with Crippen molar-refractivity contribution in [3.63, 3.8) is 0 Å². The molecule has 0 aliphatic carbocycles. The molecule has 262 valence electrons. The fourth-order valence-electron chi connectivity index (χ4n) is 6.04. The maximum Gasteiger partial charge on any atom is 0.220 e. The molecule has 0 saturated heterocycles. The molecule has 0 radical (unpaired) electrons. The summed E-state index contributed by atoms with van der Waals surface area (Å²) in [5.74, 6) is -0.150. The Kier molecular flexibility index (Phi) is 34.2. The van der Waals surface area contributed by atoms with Crippen molar-refractivity contribution in [2.45, 2.75) is 225 Å². The van der Waals surface area contributed by atoms with E-state index in [2.05, 4.69) is 31.3 Å². The molecular formula is C39H77NO4. The predicted molar refractivity (Wildman–Crippen MR) is 190 cm³/mol. The maximum absolute atomic E-state index is 12.4. The molecule has 0 spiro atoms. The third kappa shape index (κ3) is 29.8. The average molecular weight is 624 g/mol. The largest absolute Gasteiger partial charge is 0.394 e. The van der Waals surface area contributed by atoms with Gasteiger partial charge in [0.1, 0.15) is 6.10 Å². The van der Waals surface area contributed by atoms with E-state index in [1.54, 1.807) is 0 Å². The minimum absolute atomic E-state index is 0.150. The topological polar surface area (TPSA) is 89.8 Å². The van der Waals surface area contributed by atoms with Crippen LogP contribution in [0.4, 0.5) is 0 Å². The van der Waals surface area contributed by atoms with Crippen LogP contribution in [0, 0.1) is 0 Å². The van der Waals surface area contributed by atoms with Crippen LogP contribution in [0.3, 0.4) is 0 Å². The summed E-state index contributed by atoms with van der Waals surface area (Å²) >= 11 is 0. The number of rotatable bonds is 35. The molecule has 0 fully saturated rings. The first-order chi connectivity index (χ1) is 21.6. The first kappa shape index (κ1) is 43.1. The quantitative estimate of drug-likeness (QED) is 0.0418. The van der Waals surface area contributed by atoms with Crippen molar-refractivity contribution in [1.82, 2.24) is 5.32 Å². The highest BCUT2D eigenvalue weighted by atomic mass is 16.3. The third-order valence-corrected chi connectivity index (χ3v) is 9.12. The standard InChI is InChI=1S/C39H77NO4/c1-3-5-7-9-11-13-15-16-17-18-19-20-21-22-23-24-26-28-30-32-34-38(43)40-36(35-41)39(44)37(42)33-31-29-27-25-14-12-10-8-6-4-2/h19-20,36-37,39,41-42,44H,3-18,21-35H2,1-2H3,(H,40,43)/b20-19-. The van der Waals surface area contributed by atoms with E-state index in [4.69, 9.17) is 0 Å². The first-order valence-electron chi connectivity index (χ1n) is 19.5. The minimum Gasteiger partial charge on any atom is -0.394 e. The first-order valence-corrected chi connectivity index (χ1v) is 19.5. The Morgan fingerprint density at radius 3 is 1.32 bits per heavy atom. The molecule has 5 heteroatoms. The van der Waals surface area contributed by atoms with Crippen molar-refractivity contribution in [3.05, 3.63) is 12.2 Å². The molecule has 0 aliphatic heterocycles. The highest BCUT2D eigenvalue weighted by Gasteiger charge is 2.26. The summed E-state index contributed by atoms with van der Waals surface area (Å²) in [5, 5.41) is 33.3. The van der Waals surface area contributed by atoms with E-state index in [1.165, 1.54) is 141 Å². The number of aliphatic hydroxyl groups excluding tert-OH is 3. The van der Waals surface area contributed by atoms with Gasteiger partial charge < -0.3 is 20.6 Å². The summed E-state index contributed by atoms with van der Waals surface area (Å²) in [6, 6.07) is -0.806. The number of hydrogen-bond acceptors (Lipinski definition) is 4. The zero-order valence-corrected chi connectivity index (χ0v) is 29.6. The second kappa shape index (κ2) is 35.0. The Labute approximate surface area is 274 Å². The van der Waals surface area contributed by atoms with Gasteiger partial charge in [0, 0.05) is 6.42 Å². The molecule has 0 saturated carbocycles. The van der Waals surface area contributed by atoms with Gasteiger partial charge in [0.25, 0.3) is 0 Å². The minimum atomic E-state index is -1.13. The number of nitrogens with one attached hydrogen (secondary N) is 1. The van der Waals surface area contributed by atoms with Crippen molar-refractivity contribution >= 4 is 5.91 Å². The van der Waals surface area contributed by atoms with E-state index < -0.39 is 18.2 Å². The molecule has 3 atom stereocenters. The molecular weight excluding hydrogens is 546 g/mol. The average Bonchev–Trinajstić information content (AvgIpc) is 3.03. The summed E-state index contributed by atoms with van der Waals surface area (Å²) in [4.78, 5) is 12.4. The number of aliphatic hydroxyl groups is 3. The summed E-state index contributed by atoms with van der Waals surface area (Å²) in [5.41, 5.74) is 0. The van der Waals surface area contributed by atoms with Gasteiger partial charge in [-0.3, -0.25) is 4.79 Å². The van der Waals surface area contributed by atoms with Crippen LogP contribution >= 0.6 is 0 Å². The lowest BCUT2D eigenvalue weighted by atomic mass is 9.99. The number of allylic oxidation sites excluding steroid dienone is 2. The van der Waals surface area contributed by atoms with E-state index in [9.17, 15) is 20.1 Å². The van der Waals surface area contributed by atoms with E-state index in [0.29, 0.717) is 12.8 Å². The Hall–Kier alpha value is -0.910. The monoisotopic (exact) mass is 624 g/mol. The van der Waals surface area contributed by atoms with Crippen LogP contribution in [0.15, 0.2) is 12.2 Å². The van der Waals surface area contributed by atoms with Crippen LogP contribution in [0.1, 0.15) is 206 Å². The number of carbonyl (C=O) groups is 1. The second-order valence-corrected chi connectivity index (χ2v) is 13.5. The van der Waals surface area contributed by atoms with Gasteiger partial charge in [-0.25, -0.2) is 0 Å². The number of amides is 1. The van der Waals surface area contributed by atoms with Gasteiger partial charge in [0.05, 0.1) is 18.8 Å². The molecule has 0 heterocycles. The van der Waals surface area contributed by atoms with Gasteiger partial charge in [0.15, 0.2) is 0 Å². The van der Waals surface area contributed by atoms with Crippen LogP contribution in [-0.2, 0) is 4.79 Å². The van der Waals surface area contributed by atoms with E-state index >= 15 is 0 Å². The van der Waals surface area contributed by atoms with E-state index in [1.807, 2.05) is 0 Å². The molecule has 0 aliphatic rings. The summed E-state index contributed by atoms with van der Waals surface area (Å²) in [6.45, 7) is 4.15. The molecule has 44 heavy (non-hydrogen) atoms. The van der Waals surface area contributed by atoms with Crippen LogP contribution < -0.4 is 5.32 Å². The van der Waals surface area contributed by atoms with Gasteiger partial charge in [-0.2, -0.15) is 0 Å². The normalized spacial score (nSPS) is 13.8. The fraction of sp³-hybridized carbons (Fsp3) is 0.923. The number of carbonyl (C=O) groups excluding carboxylic acids is 1. The van der Waals surface area contributed by atoms with Crippen LogP contribution in [0.5, 0.6) is 0 Å². The smallest absolute Gasteiger partial charge is 0.220 e. The lowest BCUT2D eigenvalue weighted by Gasteiger charge is -2.26. The SMILES string of the molecule is CCCCCCCCCCC/C=C\CCCCCCCCCC(=O)NC(CO)C(O)C(O)CCCCCCCCCCCC. The zero-order chi connectivity index (χ0) is 32.4. The second-order valence-electron chi connectivity index (χ2n) is 13.5. The number of unbranched alkanes of at least 4 members (excludes halogenated alkanes) is 25. The Bertz CT molecular complexity index is 611. The Morgan fingerprint density at radius 2 is 0.909 bits per heavy atom. The fourth-order valence-corrected chi connectivity index (χ4v) is 6.04. The van der Waals surface area contributed by atoms with Crippen LogP contribution in [0.25, 0.3) is 0 Å². The van der Waals surface area contributed by atoms with Gasteiger partial charge >= 0.3 is 0 Å². The van der Waals surface area contributed by atoms with Gasteiger partial charge in [-0.15, -0.1) is 0 Å². The van der Waals surface area contributed by atoms with Crippen molar-refractivity contribution in [3.8, 4) is 0 Å². The van der Waals surface area contributed by atoms with Crippen LogP contribution in [-0.4, -0.2) is 46.1 Å². The molecule has 0 aromatic heterocycles. The Morgan fingerprint density at radius 1 is 0.545 bits per heavy atom. The molecule has 1 amide bonds. The highest BCUT2D eigenvalue weighted by Crippen LogP contribution is 2.15. The summed E-state index contributed by atoms with van der Waals surface area (Å²) < 4.78 is 0. The molecule has 0 aromatic carbocycles. The summed E-state index contributed by atoms with van der Waals surface area (Å²) in [6.07, 6.45) is 38.8. The van der Waals surface area contributed by atoms with E-state index in [0.717, 1.165) is 38.5 Å². The van der Waals surface area contributed by atoms with Gasteiger partial charge in [-0.1, -0.05) is 174 Å². The van der Waals surface area contributed by atoms with E-state index in [-0.39, 0.29) is 12.5 Å². The lowest BCUT2D eigenvalue weighted by Crippen LogP contribution is -2.50. The molecule has 5 nitrogen and oxygen atoms in total. The number of hydrogen-bond donors (Lipinski definition) is 4.